The van der Waals surface area contributed by atoms with Crippen molar-refractivity contribution in [3.8, 4) is 0 Å². The van der Waals surface area contributed by atoms with Crippen LogP contribution in [-0.4, -0.2) is 42.1 Å². The fraction of sp³-hybridized carbons (Fsp3) is 0.615. The van der Waals surface area contributed by atoms with E-state index in [9.17, 15) is 0 Å². The van der Waals surface area contributed by atoms with Gasteiger partial charge in [-0.05, 0) is 42.3 Å². The van der Waals surface area contributed by atoms with Crippen molar-refractivity contribution in [2.45, 2.75) is 26.8 Å². The number of nitrogens with zero attached hydrogens (tertiary/aromatic N) is 3. The average Bonchev–Trinajstić information content (AvgIpc) is 2.36. The van der Waals surface area contributed by atoms with Crippen molar-refractivity contribution < 1.29 is 0 Å². The van der Waals surface area contributed by atoms with E-state index in [1.807, 2.05) is 6.92 Å². The number of rotatable bonds is 2. The minimum absolute atomic E-state index is 0.622. The summed E-state index contributed by atoms with van der Waals surface area (Å²) in [5.41, 5.74) is 7.68. The molecule has 1 saturated heterocycles. The number of nitrogen functional groups attached to an aromatic ring is 1. The molecule has 1 aromatic rings. The number of hydrogen-bond acceptors (Lipinski definition) is 4. The molecule has 0 amide bonds. The molecule has 1 aliphatic rings. The molecule has 2 rings (SSSR count). The van der Waals surface area contributed by atoms with Gasteiger partial charge in [0.2, 0.25) is 0 Å². The van der Waals surface area contributed by atoms with E-state index in [1.54, 1.807) is 6.20 Å². The van der Waals surface area contributed by atoms with Gasteiger partial charge in [-0.25, -0.2) is 4.98 Å². The quantitative estimate of drug-likeness (QED) is 0.910. The number of halogens is 1. The summed E-state index contributed by atoms with van der Waals surface area (Å²) < 4.78 is 1.03. The van der Waals surface area contributed by atoms with Gasteiger partial charge in [0.15, 0.2) is 0 Å². The summed E-state index contributed by atoms with van der Waals surface area (Å²) in [6, 6.07) is 0.622. The Kier molecular flexibility index (Phi) is 4.12. The molecule has 2 heterocycles. The van der Waals surface area contributed by atoms with E-state index >= 15 is 0 Å². The normalized spacial score (nSPS) is 17.5. The molecule has 1 fully saturated rings. The van der Waals surface area contributed by atoms with Crippen LogP contribution in [0.15, 0.2) is 10.7 Å². The zero-order chi connectivity index (χ0) is 13.3. The van der Waals surface area contributed by atoms with Crippen molar-refractivity contribution in [3.63, 3.8) is 0 Å². The lowest BCUT2D eigenvalue weighted by Gasteiger charge is -2.38. The highest BCUT2D eigenvalue weighted by Gasteiger charge is 2.22. The predicted molar refractivity (Wildman–Crippen MR) is 80.0 cm³/mol. The van der Waals surface area contributed by atoms with Crippen LogP contribution >= 0.6 is 15.9 Å². The number of aromatic nitrogens is 1. The molecule has 18 heavy (non-hydrogen) atoms. The van der Waals surface area contributed by atoms with Gasteiger partial charge in [-0.3, -0.25) is 4.90 Å². The third kappa shape index (κ3) is 2.62. The van der Waals surface area contributed by atoms with E-state index in [0.29, 0.717) is 6.04 Å². The average molecular weight is 313 g/mol. The van der Waals surface area contributed by atoms with E-state index in [-0.39, 0.29) is 0 Å². The molecule has 0 radical (unpaired) electrons. The SMILES string of the molecule is Cc1c(N)cnc(N2CCN(C(C)C)CC2)c1Br. The van der Waals surface area contributed by atoms with Crippen molar-refractivity contribution in [1.82, 2.24) is 9.88 Å². The summed E-state index contributed by atoms with van der Waals surface area (Å²) in [5.74, 6) is 1.02. The van der Waals surface area contributed by atoms with Crippen LogP contribution in [-0.2, 0) is 0 Å². The number of piperazine rings is 1. The lowest BCUT2D eigenvalue weighted by atomic mass is 10.2. The van der Waals surface area contributed by atoms with Crippen LogP contribution in [0.4, 0.5) is 11.5 Å². The van der Waals surface area contributed by atoms with Gasteiger partial charge in [-0.2, -0.15) is 0 Å². The highest BCUT2D eigenvalue weighted by atomic mass is 79.9. The van der Waals surface area contributed by atoms with Crippen LogP contribution in [0.2, 0.25) is 0 Å². The van der Waals surface area contributed by atoms with Gasteiger partial charge < -0.3 is 10.6 Å². The molecule has 1 aliphatic heterocycles. The standard InChI is InChI=1S/C13H21BrN4/c1-9(2)17-4-6-18(7-5-17)13-12(14)10(3)11(15)8-16-13/h8-9H,4-7,15H2,1-3H3. The Morgan fingerprint density at radius 1 is 1.28 bits per heavy atom. The maximum Gasteiger partial charge on any atom is 0.143 e. The molecule has 5 heteroatoms. The van der Waals surface area contributed by atoms with Gasteiger partial charge >= 0.3 is 0 Å². The molecule has 0 aromatic carbocycles. The van der Waals surface area contributed by atoms with E-state index in [2.05, 4.69) is 44.6 Å². The molecule has 0 spiro atoms. The van der Waals surface area contributed by atoms with Gasteiger partial charge in [0.05, 0.1) is 16.4 Å². The second-order valence-corrected chi connectivity index (χ2v) is 5.89. The monoisotopic (exact) mass is 312 g/mol. The fourth-order valence-corrected chi connectivity index (χ4v) is 2.83. The lowest BCUT2D eigenvalue weighted by Crippen LogP contribution is -2.49. The first-order valence-electron chi connectivity index (χ1n) is 6.40. The van der Waals surface area contributed by atoms with Crippen molar-refractivity contribution in [1.29, 1.82) is 0 Å². The Labute approximate surface area is 117 Å². The summed E-state index contributed by atoms with van der Waals surface area (Å²) in [4.78, 5) is 9.29. The van der Waals surface area contributed by atoms with Crippen LogP contribution < -0.4 is 10.6 Å². The minimum Gasteiger partial charge on any atom is -0.397 e. The van der Waals surface area contributed by atoms with Crippen LogP contribution in [0, 0.1) is 6.92 Å². The molecule has 0 unspecified atom stereocenters. The summed E-state index contributed by atoms with van der Waals surface area (Å²) in [6.45, 7) is 10.7. The first kappa shape index (κ1) is 13.6. The first-order chi connectivity index (χ1) is 8.50. The molecular weight excluding hydrogens is 292 g/mol. The van der Waals surface area contributed by atoms with Gasteiger partial charge in [-0.15, -0.1) is 0 Å². The highest BCUT2D eigenvalue weighted by molar-refractivity contribution is 9.10. The maximum atomic E-state index is 5.86. The highest BCUT2D eigenvalue weighted by Crippen LogP contribution is 2.30. The van der Waals surface area contributed by atoms with E-state index in [1.165, 1.54) is 0 Å². The molecule has 0 aliphatic carbocycles. The second-order valence-electron chi connectivity index (χ2n) is 5.09. The number of nitrogens with two attached hydrogens (primary N) is 1. The molecule has 0 atom stereocenters. The van der Waals surface area contributed by atoms with Crippen molar-refractivity contribution in [3.05, 3.63) is 16.2 Å². The molecule has 4 nitrogen and oxygen atoms in total. The van der Waals surface area contributed by atoms with Crippen LogP contribution in [0.3, 0.4) is 0 Å². The fourth-order valence-electron chi connectivity index (χ4n) is 2.25. The van der Waals surface area contributed by atoms with Crippen molar-refractivity contribution >= 4 is 27.4 Å². The van der Waals surface area contributed by atoms with Crippen LogP contribution in [0.1, 0.15) is 19.4 Å². The molecule has 1 aromatic heterocycles. The van der Waals surface area contributed by atoms with Gasteiger partial charge in [0.25, 0.3) is 0 Å². The third-order valence-corrected chi connectivity index (χ3v) is 4.58. The number of pyridine rings is 1. The zero-order valence-electron chi connectivity index (χ0n) is 11.3. The molecule has 0 bridgehead atoms. The Hall–Kier alpha value is -0.810. The summed E-state index contributed by atoms with van der Waals surface area (Å²) in [7, 11) is 0. The summed E-state index contributed by atoms with van der Waals surface area (Å²) in [5, 5.41) is 0. The molecule has 0 saturated carbocycles. The Morgan fingerprint density at radius 2 is 1.89 bits per heavy atom. The maximum absolute atomic E-state index is 5.86. The van der Waals surface area contributed by atoms with E-state index in [4.69, 9.17) is 5.73 Å². The summed E-state index contributed by atoms with van der Waals surface area (Å²) >= 11 is 3.61. The zero-order valence-corrected chi connectivity index (χ0v) is 12.9. The van der Waals surface area contributed by atoms with Crippen LogP contribution in [0.5, 0.6) is 0 Å². The second kappa shape index (κ2) is 5.45. The third-order valence-electron chi connectivity index (χ3n) is 3.63. The molecular formula is C13H21BrN4. The smallest absolute Gasteiger partial charge is 0.143 e. The predicted octanol–water partition coefficient (Wildman–Crippen LogP) is 2.27. The van der Waals surface area contributed by atoms with Gasteiger partial charge in [0.1, 0.15) is 5.82 Å². The lowest BCUT2D eigenvalue weighted by molar-refractivity contribution is 0.209. The molecule has 100 valence electrons. The number of hydrogen-bond donors (Lipinski definition) is 1. The first-order valence-corrected chi connectivity index (χ1v) is 7.19. The van der Waals surface area contributed by atoms with Crippen molar-refractivity contribution in [2.24, 2.45) is 0 Å². The van der Waals surface area contributed by atoms with E-state index in [0.717, 1.165) is 47.7 Å². The Balaban J connectivity index is 2.13. The number of anilines is 2. The topological polar surface area (TPSA) is 45.4 Å². The molecule has 2 N–H and O–H groups in total. The van der Waals surface area contributed by atoms with E-state index < -0.39 is 0 Å². The van der Waals surface area contributed by atoms with Crippen LogP contribution in [0.25, 0.3) is 0 Å². The van der Waals surface area contributed by atoms with Gasteiger partial charge in [-0.1, -0.05) is 0 Å². The van der Waals surface area contributed by atoms with Gasteiger partial charge in [0, 0.05) is 32.2 Å². The largest absolute Gasteiger partial charge is 0.397 e. The minimum atomic E-state index is 0.622. The Morgan fingerprint density at radius 3 is 2.44 bits per heavy atom. The van der Waals surface area contributed by atoms with Crippen molar-refractivity contribution in [2.75, 3.05) is 36.8 Å². The Bertz CT molecular complexity index is 425. The summed E-state index contributed by atoms with van der Waals surface area (Å²) in [6.07, 6.45) is 1.75.